The van der Waals surface area contributed by atoms with Crippen LogP contribution in [0.3, 0.4) is 0 Å². The average Bonchev–Trinajstić information content (AvgIpc) is 3.07. The number of hydrogen-bond donors (Lipinski definition) is 2. The predicted molar refractivity (Wildman–Crippen MR) is 126 cm³/mol. The number of hydrazone groups is 1. The van der Waals surface area contributed by atoms with Gasteiger partial charge in [0.15, 0.2) is 0 Å². The summed E-state index contributed by atoms with van der Waals surface area (Å²) in [5, 5.41) is 21.3. The van der Waals surface area contributed by atoms with Gasteiger partial charge in [-0.1, -0.05) is 66.7 Å². The van der Waals surface area contributed by atoms with Crippen LogP contribution in [-0.4, -0.2) is 28.9 Å². The lowest BCUT2D eigenvalue weighted by molar-refractivity contribution is -0.116. The molecule has 1 aliphatic carbocycles. The van der Waals surface area contributed by atoms with E-state index in [1.54, 1.807) is 23.2 Å². The fraction of sp³-hybridized carbons (Fsp3) is 0.391. The number of aliphatic hydroxyl groups is 1. The Balaban J connectivity index is 1.68. The highest BCUT2D eigenvalue weighted by atomic mass is 35.5. The molecule has 2 aromatic rings. The number of carbonyl (C=O) groups is 1. The summed E-state index contributed by atoms with van der Waals surface area (Å²) in [6, 6.07) is 12.2. The molecule has 4 rings (SSSR count). The van der Waals surface area contributed by atoms with Crippen molar-refractivity contribution in [3.63, 3.8) is 0 Å². The van der Waals surface area contributed by atoms with Gasteiger partial charge >= 0.3 is 0 Å². The predicted octanol–water partition coefficient (Wildman–Crippen LogP) is 5.62. The van der Waals surface area contributed by atoms with Gasteiger partial charge in [0.2, 0.25) is 0 Å². The summed E-state index contributed by atoms with van der Waals surface area (Å²) in [7, 11) is 0. The van der Waals surface area contributed by atoms with Crippen molar-refractivity contribution >= 4 is 52.1 Å². The molecule has 31 heavy (non-hydrogen) atoms. The SMILES string of the molecule is CC1C(C(=O)N[C@H]2CCCC[C@@H]2O)=NN(c2ccc(Cl)cc2Cl)C1c1ccc(Cl)cc1. The molecule has 0 aromatic heterocycles. The maximum atomic E-state index is 13.2. The number of rotatable bonds is 4. The van der Waals surface area contributed by atoms with Crippen molar-refractivity contribution in [3.8, 4) is 0 Å². The molecule has 2 aliphatic rings. The minimum Gasteiger partial charge on any atom is -0.391 e. The van der Waals surface area contributed by atoms with Crippen LogP contribution in [0.1, 0.15) is 44.2 Å². The zero-order chi connectivity index (χ0) is 22.1. The minimum absolute atomic E-state index is 0.214. The Labute approximate surface area is 197 Å². The summed E-state index contributed by atoms with van der Waals surface area (Å²) in [5.41, 5.74) is 2.04. The molecule has 2 aromatic carbocycles. The first-order valence-corrected chi connectivity index (χ1v) is 11.6. The molecule has 1 fully saturated rings. The molecule has 0 radical (unpaired) electrons. The Morgan fingerprint density at radius 3 is 2.42 bits per heavy atom. The highest BCUT2D eigenvalue weighted by Crippen LogP contribution is 2.42. The molecule has 1 amide bonds. The van der Waals surface area contributed by atoms with E-state index in [2.05, 4.69) is 5.32 Å². The average molecular weight is 481 g/mol. The summed E-state index contributed by atoms with van der Waals surface area (Å²) in [4.78, 5) is 13.2. The van der Waals surface area contributed by atoms with Gasteiger partial charge in [-0.25, -0.2) is 0 Å². The van der Waals surface area contributed by atoms with E-state index in [0.717, 1.165) is 24.8 Å². The zero-order valence-electron chi connectivity index (χ0n) is 17.1. The van der Waals surface area contributed by atoms with Crippen LogP contribution in [0.4, 0.5) is 5.69 Å². The molecule has 0 spiro atoms. The maximum Gasteiger partial charge on any atom is 0.268 e. The number of anilines is 1. The Kier molecular flexibility index (Phi) is 6.77. The number of nitrogens with zero attached hydrogens (tertiary/aromatic N) is 2. The monoisotopic (exact) mass is 479 g/mol. The highest BCUT2D eigenvalue weighted by molar-refractivity contribution is 6.41. The van der Waals surface area contributed by atoms with Crippen molar-refractivity contribution in [2.24, 2.45) is 11.0 Å². The number of carbonyl (C=O) groups excluding carboxylic acids is 1. The Hall–Kier alpha value is -1.79. The minimum atomic E-state index is -0.524. The molecule has 0 saturated heterocycles. The quantitative estimate of drug-likeness (QED) is 0.597. The lowest BCUT2D eigenvalue weighted by Crippen LogP contribution is -2.48. The Morgan fingerprint density at radius 1 is 1.06 bits per heavy atom. The van der Waals surface area contributed by atoms with Gasteiger partial charge in [0, 0.05) is 16.0 Å². The van der Waals surface area contributed by atoms with E-state index >= 15 is 0 Å². The van der Waals surface area contributed by atoms with Crippen LogP contribution in [0.5, 0.6) is 0 Å². The van der Waals surface area contributed by atoms with Crippen molar-refractivity contribution < 1.29 is 9.90 Å². The first-order valence-electron chi connectivity index (χ1n) is 10.4. The van der Waals surface area contributed by atoms with Gasteiger partial charge in [-0.3, -0.25) is 9.80 Å². The molecule has 8 heteroatoms. The van der Waals surface area contributed by atoms with Gasteiger partial charge in [0.05, 0.1) is 28.9 Å². The van der Waals surface area contributed by atoms with E-state index in [9.17, 15) is 9.90 Å². The first kappa shape index (κ1) is 22.4. The molecular weight excluding hydrogens is 457 g/mol. The van der Waals surface area contributed by atoms with Crippen LogP contribution < -0.4 is 10.3 Å². The largest absolute Gasteiger partial charge is 0.391 e. The Morgan fingerprint density at radius 2 is 1.74 bits per heavy atom. The van der Waals surface area contributed by atoms with Gasteiger partial charge in [0.25, 0.3) is 5.91 Å². The second-order valence-electron chi connectivity index (χ2n) is 8.14. The highest BCUT2D eigenvalue weighted by Gasteiger charge is 2.41. The normalized spacial score (nSPS) is 26.0. The van der Waals surface area contributed by atoms with Crippen molar-refractivity contribution in [3.05, 3.63) is 63.1 Å². The second-order valence-corrected chi connectivity index (χ2v) is 9.42. The summed E-state index contributed by atoms with van der Waals surface area (Å²) >= 11 is 18.7. The van der Waals surface area contributed by atoms with Crippen LogP contribution in [-0.2, 0) is 4.79 Å². The number of amides is 1. The topological polar surface area (TPSA) is 64.9 Å². The van der Waals surface area contributed by atoms with E-state index in [1.807, 2.05) is 31.2 Å². The third-order valence-electron chi connectivity index (χ3n) is 6.03. The first-order chi connectivity index (χ1) is 14.8. The van der Waals surface area contributed by atoms with E-state index in [-0.39, 0.29) is 23.9 Å². The molecule has 1 heterocycles. The Bertz CT molecular complexity index is 996. The molecule has 4 atom stereocenters. The van der Waals surface area contributed by atoms with Gasteiger partial charge in [-0.2, -0.15) is 5.10 Å². The van der Waals surface area contributed by atoms with E-state index in [0.29, 0.717) is 32.9 Å². The van der Waals surface area contributed by atoms with Crippen LogP contribution in [0.15, 0.2) is 47.6 Å². The molecule has 1 saturated carbocycles. The molecular formula is C23H24Cl3N3O2. The number of hydrogen-bond acceptors (Lipinski definition) is 4. The maximum absolute atomic E-state index is 13.2. The van der Waals surface area contributed by atoms with Crippen LogP contribution in [0.25, 0.3) is 0 Å². The standard InChI is InChI=1S/C23H24Cl3N3O2/c1-13-21(23(31)27-18-4-2-3-5-20(18)30)28-29(19-11-10-16(25)12-17(19)26)22(13)14-6-8-15(24)9-7-14/h6-13,18,20,22,30H,2-5H2,1H3,(H,27,31)/t13?,18-,20-,22?/m0/s1. The van der Waals surface area contributed by atoms with Gasteiger partial charge < -0.3 is 10.4 Å². The second kappa shape index (κ2) is 9.37. The van der Waals surface area contributed by atoms with Crippen molar-refractivity contribution in [2.45, 2.75) is 50.8 Å². The van der Waals surface area contributed by atoms with Gasteiger partial charge in [-0.15, -0.1) is 0 Å². The van der Waals surface area contributed by atoms with Crippen LogP contribution >= 0.6 is 34.8 Å². The van der Waals surface area contributed by atoms with Crippen molar-refractivity contribution in [1.29, 1.82) is 0 Å². The van der Waals surface area contributed by atoms with Crippen molar-refractivity contribution in [1.82, 2.24) is 5.32 Å². The molecule has 2 N–H and O–H groups in total. The molecule has 164 valence electrons. The fourth-order valence-corrected chi connectivity index (χ4v) is 4.99. The number of benzene rings is 2. The van der Waals surface area contributed by atoms with Gasteiger partial charge in [0.1, 0.15) is 5.71 Å². The summed E-state index contributed by atoms with van der Waals surface area (Å²) in [5.74, 6) is -0.473. The molecule has 0 bridgehead atoms. The number of nitrogens with one attached hydrogen (secondary N) is 1. The zero-order valence-corrected chi connectivity index (χ0v) is 19.3. The third-order valence-corrected chi connectivity index (χ3v) is 6.82. The summed E-state index contributed by atoms with van der Waals surface area (Å²) in [6.45, 7) is 1.97. The van der Waals surface area contributed by atoms with E-state index in [1.165, 1.54) is 0 Å². The summed E-state index contributed by atoms with van der Waals surface area (Å²) in [6.07, 6.45) is 2.91. The lowest BCUT2D eigenvalue weighted by Gasteiger charge is -2.29. The summed E-state index contributed by atoms with van der Waals surface area (Å²) < 4.78 is 0. The fourth-order valence-electron chi connectivity index (χ4n) is 4.37. The lowest BCUT2D eigenvalue weighted by atomic mass is 9.89. The van der Waals surface area contributed by atoms with Gasteiger partial charge in [-0.05, 0) is 48.7 Å². The number of aliphatic hydroxyl groups excluding tert-OH is 1. The molecule has 2 unspecified atom stereocenters. The van der Waals surface area contributed by atoms with E-state index < -0.39 is 6.10 Å². The smallest absolute Gasteiger partial charge is 0.268 e. The van der Waals surface area contributed by atoms with Crippen LogP contribution in [0, 0.1) is 5.92 Å². The molecule has 1 aliphatic heterocycles. The third kappa shape index (κ3) is 4.70. The van der Waals surface area contributed by atoms with Crippen molar-refractivity contribution in [2.75, 3.05) is 5.01 Å². The molecule has 5 nitrogen and oxygen atoms in total. The number of halogens is 3. The van der Waals surface area contributed by atoms with E-state index in [4.69, 9.17) is 39.9 Å². The van der Waals surface area contributed by atoms with Crippen LogP contribution in [0.2, 0.25) is 15.1 Å².